The highest BCUT2D eigenvalue weighted by molar-refractivity contribution is 6.42. The van der Waals surface area contributed by atoms with Crippen LogP contribution in [0.4, 0.5) is 0 Å². The number of halogens is 2. The number of benzene rings is 2. The number of rotatable bonds is 2. The first-order valence-corrected chi connectivity index (χ1v) is 7.30. The van der Waals surface area contributed by atoms with Gasteiger partial charge >= 0.3 is 0 Å². The van der Waals surface area contributed by atoms with Crippen molar-refractivity contribution in [3.63, 3.8) is 0 Å². The van der Waals surface area contributed by atoms with Crippen LogP contribution in [0.3, 0.4) is 0 Å². The molecule has 2 atom stereocenters. The number of aliphatic hydroxyl groups is 1. The third-order valence-electron chi connectivity index (χ3n) is 3.84. The molecule has 1 saturated heterocycles. The predicted molar refractivity (Wildman–Crippen MR) is 82.2 cm³/mol. The lowest BCUT2D eigenvalue weighted by atomic mass is 9.89. The van der Waals surface area contributed by atoms with E-state index in [2.05, 4.69) is 17.4 Å². The first-order valence-electron chi connectivity index (χ1n) is 6.55. The Morgan fingerprint density at radius 1 is 1.05 bits per heavy atom. The Morgan fingerprint density at radius 2 is 1.80 bits per heavy atom. The van der Waals surface area contributed by atoms with Crippen LogP contribution in [-0.4, -0.2) is 11.7 Å². The number of β-amino-alcohol motifs (C(OH)–C–C–N with tert-alkyl or cyclic N) is 1. The molecule has 2 aromatic rings. The SMILES string of the molecule is OC1(c2ccc(Cl)c(Cl)c2)CNC(c2ccccc2)C1. The zero-order valence-electron chi connectivity index (χ0n) is 10.8. The van der Waals surface area contributed by atoms with Crippen LogP contribution >= 0.6 is 23.2 Å². The minimum atomic E-state index is -0.908. The van der Waals surface area contributed by atoms with Gasteiger partial charge in [0.05, 0.1) is 10.0 Å². The van der Waals surface area contributed by atoms with Gasteiger partial charge in [0.25, 0.3) is 0 Å². The van der Waals surface area contributed by atoms with Crippen molar-refractivity contribution in [1.82, 2.24) is 5.32 Å². The fourth-order valence-corrected chi connectivity index (χ4v) is 3.00. The number of hydrogen-bond acceptors (Lipinski definition) is 2. The molecule has 1 heterocycles. The summed E-state index contributed by atoms with van der Waals surface area (Å²) >= 11 is 12.0. The van der Waals surface area contributed by atoms with Crippen LogP contribution in [-0.2, 0) is 5.60 Å². The summed E-state index contributed by atoms with van der Waals surface area (Å²) in [6, 6.07) is 15.6. The smallest absolute Gasteiger partial charge is 0.104 e. The van der Waals surface area contributed by atoms with Crippen molar-refractivity contribution in [1.29, 1.82) is 0 Å². The molecule has 0 saturated carbocycles. The minimum Gasteiger partial charge on any atom is -0.384 e. The lowest BCUT2D eigenvalue weighted by molar-refractivity contribution is 0.0559. The standard InChI is InChI=1S/C16H15Cl2NO/c17-13-7-6-12(8-14(13)18)16(20)9-15(19-10-16)11-4-2-1-3-5-11/h1-8,15,19-20H,9-10H2. The van der Waals surface area contributed by atoms with Crippen molar-refractivity contribution in [3.8, 4) is 0 Å². The summed E-state index contributed by atoms with van der Waals surface area (Å²) in [5, 5.41) is 15.2. The Hall–Kier alpha value is -1.06. The van der Waals surface area contributed by atoms with Crippen molar-refractivity contribution in [2.24, 2.45) is 0 Å². The summed E-state index contributed by atoms with van der Waals surface area (Å²) in [6.45, 7) is 0.504. The Bertz CT molecular complexity index is 617. The van der Waals surface area contributed by atoms with E-state index in [9.17, 15) is 5.11 Å². The molecular weight excluding hydrogens is 293 g/mol. The molecule has 2 aromatic carbocycles. The van der Waals surface area contributed by atoms with Crippen LogP contribution < -0.4 is 5.32 Å². The summed E-state index contributed by atoms with van der Waals surface area (Å²) in [6.07, 6.45) is 0.620. The highest BCUT2D eigenvalue weighted by Crippen LogP contribution is 2.38. The van der Waals surface area contributed by atoms with Gasteiger partial charge in [0, 0.05) is 19.0 Å². The highest BCUT2D eigenvalue weighted by atomic mass is 35.5. The molecular formula is C16H15Cl2NO. The molecule has 1 aliphatic heterocycles. The van der Waals surface area contributed by atoms with E-state index in [1.807, 2.05) is 24.3 Å². The van der Waals surface area contributed by atoms with Gasteiger partial charge in [0.15, 0.2) is 0 Å². The first kappa shape index (κ1) is 13.9. The zero-order chi connectivity index (χ0) is 14.2. The Morgan fingerprint density at radius 3 is 2.50 bits per heavy atom. The molecule has 0 amide bonds. The molecule has 1 fully saturated rings. The normalized spacial score (nSPS) is 25.9. The third-order valence-corrected chi connectivity index (χ3v) is 4.58. The Kier molecular flexibility index (Phi) is 3.74. The maximum absolute atomic E-state index is 10.8. The predicted octanol–water partition coefficient (Wildman–Crippen LogP) is 3.92. The van der Waals surface area contributed by atoms with Gasteiger partial charge in [-0.2, -0.15) is 0 Å². The zero-order valence-corrected chi connectivity index (χ0v) is 12.3. The molecule has 0 bridgehead atoms. The lowest BCUT2D eigenvalue weighted by Gasteiger charge is -2.23. The van der Waals surface area contributed by atoms with Crippen LogP contribution in [0, 0.1) is 0 Å². The van der Waals surface area contributed by atoms with E-state index in [1.165, 1.54) is 5.56 Å². The van der Waals surface area contributed by atoms with E-state index in [0.717, 1.165) is 5.56 Å². The monoisotopic (exact) mass is 307 g/mol. The van der Waals surface area contributed by atoms with E-state index in [1.54, 1.807) is 12.1 Å². The van der Waals surface area contributed by atoms with Gasteiger partial charge in [0.1, 0.15) is 5.60 Å². The fourth-order valence-electron chi connectivity index (χ4n) is 2.70. The van der Waals surface area contributed by atoms with Crippen molar-refractivity contribution in [2.45, 2.75) is 18.1 Å². The fraction of sp³-hybridized carbons (Fsp3) is 0.250. The van der Waals surface area contributed by atoms with Crippen molar-refractivity contribution in [3.05, 3.63) is 69.7 Å². The molecule has 2 N–H and O–H groups in total. The summed E-state index contributed by atoms with van der Waals surface area (Å²) in [5.41, 5.74) is 1.08. The van der Waals surface area contributed by atoms with Gasteiger partial charge in [-0.05, 0) is 23.3 Å². The Labute approximate surface area is 128 Å². The molecule has 0 radical (unpaired) electrons. The molecule has 0 aliphatic carbocycles. The minimum absolute atomic E-state index is 0.149. The van der Waals surface area contributed by atoms with E-state index in [0.29, 0.717) is 23.0 Å². The molecule has 3 rings (SSSR count). The summed E-state index contributed by atoms with van der Waals surface area (Å²) in [5.74, 6) is 0. The molecule has 104 valence electrons. The molecule has 2 unspecified atom stereocenters. The molecule has 2 nitrogen and oxygen atoms in total. The third kappa shape index (κ3) is 2.57. The maximum atomic E-state index is 10.8. The highest BCUT2D eigenvalue weighted by Gasteiger charge is 2.39. The van der Waals surface area contributed by atoms with Gasteiger partial charge in [-0.25, -0.2) is 0 Å². The molecule has 1 aliphatic rings. The summed E-state index contributed by atoms with van der Waals surface area (Å²) < 4.78 is 0. The van der Waals surface area contributed by atoms with Crippen LogP contribution in [0.1, 0.15) is 23.6 Å². The summed E-state index contributed by atoms with van der Waals surface area (Å²) in [7, 11) is 0. The maximum Gasteiger partial charge on any atom is 0.104 e. The lowest BCUT2D eigenvalue weighted by Crippen LogP contribution is -2.28. The molecule has 4 heteroatoms. The first-order chi connectivity index (χ1) is 9.58. The van der Waals surface area contributed by atoms with Gasteiger partial charge < -0.3 is 10.4 Å². The van der Waals surface area contributed by atoms with Crippen LogP contribution in [0.25, 0.3) is 0 Å². The summed E-state index contributed by atoms with van der Waals surface area (Å²) in [4.78, 5) is 0. The topological polar surface area (TPSA) is 32.3 Å². The second-order valence-electron chi connectivity index (χ2n) is 5.21. The van der Waals surface area contributed by atoms with Crippen LogP contribution in [0.5, 0.6) is 0 Å². The number of nitrogens with one attached hydrogen (secondary N) is 1. The second-order valence-corrected chi connectivity index (χ2v) is 6.02. The second kappa shape index (κ2) is 5.38. The van der Waals surface area contributed by atoms with Crippen LogP contribution in [0.2, 0.25) is 10.0 Å². The molecule has 0 aromatic heterocycles. The molecule has 0 spiro atoms. The van der Waals surface area contributed by atoms with E-state index in [4.69, 9.17) is 23.2 Å². The van der Waals surface area contributed by atoms with E-state index in [-0.39, 0.29) is 6.04 Å². The largest absolute Gasteiger partial charge is 0.384 e. The van der Waals surface area contributed by atoms with Gasteiger partial charge in [-0.3, -0.25) is 0 Å². The van der Waals surface area contributed by atoms with Crippen LogP contribution in [0.15, 0.2) is 48.5 Å². The number of hydrogen-bond donors (Lipinski definition) is 2. The van der Waals surface area contributed by atoms with Gasteiger partial charge in [0.2, 0.25) is 0 Å². The molecule has 20 heavy (non-hydrogen) atoms. The average molecular weight is 308 g/mol. The van der Waals surface area contributed by atoms with E-state index < -0.39 is 5.60 Å². The quantitative estimate of drug-likeness (QED) is 0.881. The van der Waals surface area contributed by atoms with Gasteiger partial charge in [-0.1, -0.05) is 59.6 Å². The van der Waals surface area contributed by atoms with Gasteiger partial charge in [-0.15, -0.1) is 0 Å². The van der Waals surface area contributed by atoms with E-state index >= 15 is 0 Å². The van der Waals surface area contributed by atoms with Crippen molar-refractivity contribution in [2.75, 3.05) is 6.54 Å². The average Bonchev–Trinajstić information content (AvgIpc) is 2.87. The van der Waals surface area contributed by atoms with Crippen molar-refractivity contribution < 1.29 is 5.11 Å². The Balaban J connectivity index is 1.86. The van der Waals surface area contributed by atoms with Crippen molar-refractivity contribution >= 4 is 23.2 Å².